The van der Waals surface area contributed by atoms with Crippen molar-refractivity contribution in [1.82, 2.24) is 4.98 Å². The molecule has 3 N–H and O–H groups in total. The van der Waals surface area contributed by atoms with Crippen molar-refractivity contribution in [3.63, 3.8) is 0 Å². The average molecular weight is 334 g/mol. The van der Waals surface area contributed by atoms with Gasteiger partial charge < -0.3 is 11.1 Å². The first-order valence-corrected chi connectivity index (χ1v) is 7.09. The van der Waals surface area contributed by atoms with Gasteiger partial charge >= 0.3 is 0 Å². The smallest absolute Gasteiger partial charge is 0.256 e. The van der Waals surface area contributed by atoms with Gasteiger partial charge in [0.25, 0.3) is 5.91 Å². The van der Waals surface area contributed by atoms with Crippen LogP contribution >= 0.6 is 15.9 Å². The number of nitrogen functional groups attached to an aromatic ring is 1. The topological polar surface area (TPSA) is 68.0 Å². The highest BCUT2D eigenvalue weighted by Crippen LogP contribution is 2.22. The van der Waals surface area contributed by atoms with Gasteiger partial charge in [0.1, 0.15) is 5.82 Å². The molecule has 0 saturated carbocycles. The number of pyridine rings is 1. The number of aromatic nitrogens is 1. The number of hydrogen-bond acceptors (Lipinski definition) is 3. The van der Waals surface area contributed by atoms with Crippen molar-refractivity contribution < 1.29 is 4.79 Å². The first kappa shape index (κ1) is 14.5. The SMILES string of the molecule is CC(C)c1ccc(C(=O)Nc2ncc(N)cc2Br)cc1. The molecule has 0 bridgehead atoms. The zero-order chi connectivity index (χ0) is 14.7. The van der Waals surface area contributed by atoms with Crippen LogP contribution < -0.4 is 11.1 Å². The molecule has 1 aromatic heterocycles. The number of nitrogens with one attached hydrogen (secondary N) is 1. The van der Waals surface area contributed by atoms with Crippen molar-refractivity contribution in [2.45, 2.75) is 19.8 Å². The number of nitrogens with zero attached hydrogens (tertiary/aromatic N) is 1. The van der Waals surface area contributed by atoms with Crippen LogP contribution in [0.4, 0.5) is 11.5 Å². The van der Waals surface area contributed by atoms with Crippen LogP contribution in [0.25, 0.3) is 0 Å². The number of benzene rings is 1. The molecule has 20 heavy (non-hydrogen) atoms. The van der Waals surface area contributed by atoms with Gasteiger partial charge in [-0.1, -0.05) is 26.0 Å². The van der Waals surface area contributed by atoms with Crippen LogP contribution in [0.2, 0.25) is 0 Å². The van der Waals surface area contributed by atoms with Crippen molar-refractivity contribution in [1.29, 1.82) is 0 Å². The fourth-order valence-corrected chi connectivity index (χ4v) is 2.21. The van der Waals surface area contributed by atoms with Gasteiger partial charge in [-0.2, -0.15) is 0 Å². The Labute approximate surface area is 126 Å². The largest absolute Gasteiger partial charge is 0.397 e. The van der Waals surface area contributed by atoms with E-state index in [-0.39, 0.29) is 5.91 Å². The predicted octanol–water partition coefficient (Wildman–Crippen LogP) is 3.80. The molecule has 1 amide bonds. The summed E-state index contributed by atoms with van der Waals surface area (Å²) in [5.74, 6) is 0.704. The Balaban J connectivity index is 2.15. The molecule has 2 rings (SSSR count). The Bertz CT molecular complexity index is 624. The molecular weight excluding hydrogens is 318 g/mol. The van der Waals surface area contributed by atoms with Crippen LogP contribution in [0, 0.1) is 0 Å². The van der Waals surface area contributed by atoms with E-state index in [2.05, 4.69) is 40.1 Å². The minimum atomic E-state index is -0.196. The van der Waals surface area contributed by atoms with Gasteiger partial charge in [-0.15, -0.1) is 0 Å². The molecule has 0 radical (unpaired) electrons. The quantitative estimate of drug-likeness (QED) is 0.897. The van der Waals surface area contributed by atoms with Gasteiger partial charge in [0.05, 0.1) is 16.4 Å². The molecule has 4 nitrogen and oxygen atoms in total. The van der Waals surface area contributed by atoms with Crippen LogP contribution in [-0.2, 0) is 0 Å². The van der Waals surface area contributed by atoms with Crippen LogP contribution in [0.15, 0.2) is 41.0 Å². The molecule has 0 unspecified atom stereocenters. The monoisotopic (exact) mass is 333 g/mol. The highest BCUT2D eigenvalue weighted by Gasteiger charge is 2.10. The number of anilines is 2. The van der Waals surface area contributed by atoms with Crippen molar-refractivity contribution in [2.75, 3.05) is 11.1 Å². The number of halogens is 1. The van der Waals surface area contributed by atoms with Crippen LogP contribution in [0.1, 0.15) is 35.7 Å². The lowest BCUT2D eigenvalue weighted by Crippen LogP contribution is -2.13. The molecular formula is C15H16BrN3O. The number of rotatable bonds is 3. The number of nitrogens with two attached hydrogens (primary N) is 1. The third-order valence-electron chi connectivity index (χ3n) is 2.93. The second kappa shape index (κ2) is 6.05. The second-order valence-electron chi connectivity index (χ2n) is 4.83. The Hall–Kier alpha value is -1.88. The summed E-state index contributed by atoms with van der Waals surface area (Å²) in [4.78, 5) is 16.2. The summed E-state index contributed by atoms with van der Waals surface area (Å²) in [6.07, 6.45) is 1.50. The van der Waals surface area contributed by atoms with Gasteiger partial charge in [-0.05, 0) is 45.6 Å². The van der Waals surface area contributed by atoms with E-state index in [0.717, 1.165) is 0 Å². The number of amides is 1. The summed E-state index contributed by atoms with van der Waals surface area (Å²) in [5, 5.41) is 2.75. The third-order valence-corrected chi connectivity index (χ3v) is 3.54. The lowest BCUT2D eigenvalue weighted by atomic mass is 10.0. The summed E-state index contributed by atoms with van der Waals surface area (Å²) in [6.45, 7) is 4.23. The fourth-order valence-electron chi connectivity index (χ4n) is 1.74. The van der Waals surface area contributed by atoms with Gasteiger partial charge in [0.15, 0.2) is 0 Å². The first-order valence-electron chi connectivity index (χ1n) is 6.29. The lowest BCUT2D eigenvalue weighted by Gasteiger charge is -2.09. The molecule has 0 atom stereocenters. The third kappa shape index (κ3) is 3.36. The highest BCUT2D eigenvalue weighted by molar-refractivity contribution is 9.10. The highest BCUT2D eigenvalue weighted by atomic mass is 79.9. The van der Waals surface area contributed by atoms with Gasteiger partial charge in [0, 0.05) is 5.56 Å². The fraction of sp³-hybridized carbons (Fsp3) is 0.200. The zero-order valence-electron chi connectivity index (χ0n) is 11.4. The van der Waals surface area contributed by atoms with Crippen molar-refractivity contribution in [3.05, 3.63) is 52.1 Å². The molecule has 1 heterocycles. The Morgan fingerprint density at radius 3 is 2.50 bits per heavy atom. The van der Waals surface area contributed by atoms with Gasteiger partial charge in [0.2, 0.25) is 0 Å². The number of carbonyl (C=O) groups is 1. The Morgan fingerprint density at radius 1 is 1.30 bits per heavy atom. The molecule has 5 heteroatoms. The van der Waals surface area contributed by atoms with Crippen LogP contribution in [-0.4, -0.2) is 10.9 Å². The van der Waals surface area contributed by atoms with Gasteiger partial charge in [-0.25, -0.2) is 4.98 Å². The molecule has 104 valence electrons. The summed E-state index contributed by atoms with van der Waals surface area (Å²) < 4.78 is 0.657. The van der Waals surface area contributed by atoms with Crippen molar-refractivity contribution in [3.8, 4) is 0 Å². The van der Waals surface area contributed by atoms with Crippen LogP contribution in [0.5, 0.6) is 0 Å². The molecule has 0 aliphatic heterocycles. The number of hydrogen-bond donors (Lipinski definition) is 2. The lowest BCUT2D eigenvalue weighted by molar-refractivity contribution is 0.102. The molecule has 0 aliphatic carbocycles. The van der Waals surface area contributed by atoms with E-state index in [1.54, 1.807) is 6.07 Å². The van der Waals surface area contributed by atoms with Crippen LogP contribution in [0.3, 0.4) is 0 Å². The van der Waals surface area contributed by atoms with E-state index in [4.69, 9.17) is 5.73 Å². The maximum atomic E-state index is 12.1. The summed E-state index contributed by atoms with van der Waals surface area (Å²) in [5.41, 5.74) is 7.95. The van der Waals surface area contributed by atoms with Crippen molar-refractivity contribution >= 4 is 33.3 Å². The van der Waals surface area contributed by atoms with Gasteiger partial charge in [-0.3, -0.25) is 4.79 Å². The minimum absolute atomic E-state index is 0.196. The summed E-state index contributed by atoms with van der Waals surface area (Å²) in [6, 6.07) is 9.26. The van der Waals surface area contributed by atoms with E-state index in [1.165, 1.54) is 11.8 Å². The molecule has 0 aliphatic rings. The van der Waals surface area contributed by atoms with E-state index >= 15 is 0 Å². The predicted molar refractivity (Wildman–Crippen MR) is 84.8 cm³/mol. The second-order valence-corrected chi connectivity index (χ2v) is 5.68. The maximum Gasteiger partial charge on any atom is 0.256 e. The van der Waals surface area contributed by atoms with E-state index in [9.17, 15) is 4.79 Å². The number of carbonyl (C=O) groups excluding carboxylic acids is 1. The average Bonchev–Trinajstić information content (AvgIpc) is 2.42. The minimum Gasteiger partial charge on any atom is -0.397 e. The summed E-state index contributed by atoms with van der Waals surface area (Å²) >= 11 is 3.32. The molecule has 0 fully saturated rings. The molecule has 2 aromatic rings. The first-order chi connectivity index (χ1) is 9.47. The van der Waals surface area contributed by atoms with E-state index in [1.807, 2.05) is 24.3 Å². The molecule has 0 saturated heterocycles. The molecule has 1 aromatic carbocycles. The normalized spacial score (nSPS) is 10.6. The standard InChI is InChI=1S/C15H16BrN3O/c1-9(2)10-3-5-11(6-4-10)15(20)19-14-13(16)7-12(17)8-18-14/h3-9H,17H2,1-2H3,(H,18,19,20). The molecule has 0 spiro atoms. The van der Waals surface area contributed by atoms with Crippen molar-refractivity contribution in [2.24, 2.45) is 0 Å². The Kier molecular flexibility index (Phi) is 4.39. The maximum absolute atomic E-state index is 12.1. The van der Waals surface area contributed by atoms with E-state index in [0.29, 0.717) is 27.5 Å². The Morgan fingerprint density at radius 2 is 1.95 bits per heavy atom. The zero-order valence-corrected chi connectivity index (χ0v) is 12.9. The van der Waals surface area contributed by atoms with E-state index < -0.39 is 0 Å². The summed E-state index contributed by atoms with van der Waals surface area (Å²) in [7, 11) is 0.